The third-order valence-corrected chi connectivity index (χ3v) is 4.75. The molecule has 2 heterocycles. The normalized spacial score (nSPS) is 13.6. The summed E-state index contributed by atoms with van der Waals surface area (Å²) < 4.78 is 17.5. The van der Waals surface area contributed by atoms with E-state index in [2.05, 4.69) is 9.97 Å². The number of hydrogen-bond donors (Lipinski definition) is 0. The molecule has 0 amide bonds. The number of pyridine rings is 1. The third-order valence-electron chi connectivity index (χ3n) is 4.75. The van der Waals surface area contributed by atoms with Gasteiger partial charge in [0.25, 0.3) is 0 Å². The molecule has 28 heavy (non-hydrogen) atoms. The Morgan fingerprint density at radius 2 is 1.75 bits per heavy atom. The molecule has 2 aromatic heterocycles. The Morgan fingerprint density at radius 1 is 0.929 bits per heavy atom. The lowest BCUT2D eigenvalue weighted by atomic mass is 10.2. The Balaban J connectivity index is 1.30. The van der Waals surface area contributed by atoms with Crippen LogP contribution in [-0.2, 0) is 6.61 Å². The largest absolute Gasteiger partial charge is 0.493 e. The summed E-state index contributed by atoms with van der Waals surface area (Å²) in [5, 5.41) is 0. The molecular weight excluding hydrogens is 352 g/mol. The van der Waals surface area contributed by atoms with Gasteiger partial charge in [0, 0.05) is 11.6 Å². The van der Waals surface area contributed by atoms with Gasteiger partial charge >= 0.3 is 0 Å². The maximum absolute atomic E-state index is 5.90. The summed E-state index contributed by atoms with van der Waals surface area (Å²) in [6.45, 7) is 1.29. The Bertz CT molecular complexity index is 1070. The summed E-state index contributed by atoms with van der Waals surface area (Å²) in [5.74, 6) is 2.81. The molecule has 0 unspecified atom stereocenters. The van der Waals surface area contributed by atoms with Crippen LogP contribution < -0.4 is 9.47 Å². The first-order valence-electron chi connectivity index (χ1n) is 9.50. The smallest absolute Gasteiger partial charge is 0.228 e. The maximum atomic E-state index is 5.90. The molecule has 1 saturated carbocycles. The summed E-state index contributed by atoms with van der Waals surface area (Å²) in [4.78, 5) is 8.84. The fraction of sp³-hybridized carbons (Fsp3) is 0.217. The minimum Gasteiger partial charge on any atom is -0.493 e. The van der Waals surface area contributed by atoms with Crippen molar-refractivity contribution in [2.75, 3.05) is 6.61 Å². The molecule has 0 aliphatic heterocycles. The molecular formula is C23H20N2O3. The maximum Gasteiger partial charge on any atom is 0.228 e. The lowest BCUT2D eigenvalue weighted by molar-refractivity contribution is 0.300. The van der Waals surface area contributed by atoms with Crippen LogP contribution in [0.1, 0.15) is 18.4 Å². The van der Waals surface area contributed by atoms with E-state index in [9.17, 15) is 0 Å². The van der Waals surface area contributed by atoms with Crippen LogP contribution in [-0.4, -0.2) is 16.6 Å². The van der Waals surface area contributed by atoms with Gasteiger partial charge in [-0.1, -0.05) is 30.3 Å². The minimum absolute atomic E-state index is 0.483. The van der Waals surface area contributed by atoms with Gasteiger partial charge in [-0.3, -0.25) is 0 Å². The van der Waals surface area contributed by atoms with Crippen molar-refractivity contribution in [3.05, 3.63) is 72.4 Å². The van der Waals surface area contributed by atoms with Crippen molar-refractivity contribution < 1.29 is 13.9 Å². The van der Waals surface area contributed by atoms with Gasteiger partial charge in [0.05, 0.1) is 12.8 Å². The van der Waals surface area contributed by atoms with Crippen LogP contribution in [0.4, 0.5) is 0 Å². The Morgan fingerprint density at radius 3 is 2.54 bits per heavy atom. The van der Waals surface area contributed by atoms with Crippen molar-refractivity contribution >= 4 is 11.2 Å². The van der Waals surface area contributed by atoms with Crippen molar-refractivity contribution in [1.82, 2.24) is 9.97 Å². The predicted octanol–water partition coefficient (Wildman–Crippen LogP) is 5.26. The monoisotopic (exact) mass is 372 g/mol. The summed E-state index contributed by atoms with van der Waals surface area (Å²) in [5.41, 5.74) is 3.17. The first-order chi connectivity index (χ1) is 13.8. The summed E-state index contributed by atoms with van der Waals surface area (Å²) in [6, 6.07) is 19.7. The number of hydrogen-bond acceptors (Lipinski definition) is 5. The molecule has 0 atom stereocenters. The van der Waals surface area contributed by atoms with E-state index in [1.807, 2.05) is 60.7 Å². The van der Waals surface area contributed by atoms with Crippen molar-refractivity contribution in [3.63, 3.8) is 0 Å². The van der Waals surface area contributed by atoms with Crippen molar-refractivity contribution in [3.8, 4) is 23.0 Å². The van der Waals surface area contributed by atoms with Crippen LogP contribution in [0.15, 0.2) is 71.3 Å². The van der Waals surface area contributed by atoms with E-state index < -0.39 is 0 Å². The lowest BCUT2D eigenvalue weighted by Crippen LogP contribution is -1.98. The lowest BCUT2D eigenvalue weighted by Gasteiger charge is -2.05. The molecule has 1 fully saturated rings. The van der Waals surface area contributed by atoms with E-state index in [-0.39, 0.29) is 0 Å². The number of rotatable bonds is 7. The van der Waals surface area contributed by atoms with Gasteiger partial charge in [0.2, 0.25) is 5.89 Å². The quantitative estimate of drug-likeness (QED) is 0.443. The zero-order chi connectivity index (χ0) is 18.8. The second kappa shape index (κ2) is 7.35. The van der Waals surface area contributed by atoms with Crippen LogP contribution in [0.2, 0.25) is 0 Å². The van der Waals surface area contributed by atoms with Crippen LogP contribution in [0.25, 0.3) is 22.7 Å². The second-order valence-electron chi connectivity index (χ2n) is 7.06. The first kappa shape index (κ1) is 16.8. The average Bonchev–Trinajstić information content (AvgIpc) is 3.48. The zero-order valence-corrected chi connectivity index (χ0v) is 15.4. The molecule has 4 aromatic rings. The van der Waals surface area contributed by atoms with Crippen molar-refractivity contribution in [2.24, 2.45) is 5.92 Å². The van der Waals surface area contributed by atoms with Gasteiger partial charge < -0.3 is 13.9 Å². The summed E-state index contributed by atoms with van der Waals surface area (Å²) in [7, 11) is 0. The van der Waals surface area contributed by atoms with E-state index >= 15 is 0 Å². The molecule has 1 aliphatic carbocycles. The van der Waals surface area contributed by atoms with Gasteiger partial charge in [-0.2, -0.15) is 4.98 Å². The van der Waals surface area contributed by atoms with E-state index in [1.165, 1.54) is 12.8 Å². The first-order valence-corrected chi connectivity index (χ1v) is 9.50. The molecule has 0 N–H and O–H groups in total. The Labute approximate surface area is 163 Å². The Kier molecular flexibility index (Phi) is 4.41. The van der Waals surface area contributed by atoms with Gasteiger partial charge in [0.1, 0.15) is 18.1 Å². The number of nitrogens with zero attached hydrogens (tertiary/aromatic N) is 2. The zero-order valence-electron chi connectivity index (χ0n) is 15.4. The average molecular weight is 372 g/mol. The van der Waals surface area contributed by atoms with Gasteiger partial charge in [-0.25, -0.2) is 4.98 Å². The summed E-state index contributed by atoms with van der Waals surface area (Å²) in [6.07, 6.45) is 4.24. The molecule has 5 heteroatoms. The Hall–Kier alpha value is -3.34. The molecule has 2 aromatic carbocycles. The molecule has 0 radical (unpaired) electrons. The molecule has 5 rings (SSSR count). The van der Waals surface area contributed by atoms with Crippen LogP contribution in [0, 0.1) is 5.92 Å². The highest BCUT2D eigenvalue weighted by molar-refractivity contribution is 5.73. The van der Waals surface area contributed by atoms with Crippen LogP contribution in [0.5, 0.6) is 11.5 Å². The highest BCUT2D eigenvalue weighted by Gasteiger charge is 2.21. The SMILES string of the molecule is c1ccc(COc2cnc3nc(-c4ccc(OCC5CC5)cc4)oc3c2)cc1. The van der Waals surface area contributed by atoms with Gasteiger partial charge in [-0.05, 0) is 48.6 Å². The van der Waals surface area contributed by atoms with E-state index in [0.717, 1.165) is 29.4 Å². The molecule has 0 saturated heterocycles. The van der Waals surface area contributed by atoms with Crippen LogP contribution >= 0.6 is 0 Å². The molecule has 0 spiro atoms. The molecule has 5 nitrogen and oxygen atoms in total. The summed E-state index contributed by atoms with van der Waals surface area (Å²) >= 11 is 0. The second-order valence-corrected chi connectivity index (χ2v) is 7.06. The number of fused-ring (bicyclic) bond motifs is 1. The molecule has 0 bridgehead atoms. The van der Waals surface area contributed by atoms with Crippen molar-refractivity contribution in [2.45, 2.75) is 19.4 Å². The number of aromatic nitrogens is 2. The highest BCUT2D eigenvalue weighted by atomic mass is 16.5. The number of oxazole rings is 1. The number of ether oxygens (including phenoxy) is 2. The van der Waals surface area contributed by atoms with Gasteiger partial charge in [-0.15, -0.1) is 0 Å². The third kappa shape index (κ3) is 3.83. The predicted molar refractivity (Wildman–Crippen MR) is 106 cm³/mol. The molecule has 1 aliphatic rings. The topological polar surface area (TPSA) is 57.4 Å². The fourth-order valence-corrected chi connectivity index (χ4v) is 2.94. The van der Waals surface area contributed by atoms with Crippen LogP contribution in [0.3, 0.4) is 0 Å². The number of benzene rings is 2. The minimum atomic E-state index is 0.483. The standard InChI is InChI=1S/C23H20N2O3/c1-2-4-16(5-3-1)14-27-20-12-21-22(24-13-20)25-23(28-21)18-8-10-19(11-9-18)26-15-17-6-7-17/h1-5,8-13,17H,6-7,14-15H2. The van der Waals surface area contributed by atoms with Gasteiger partial charge in [0.15, 0.2) is 11.2 Å². The highest BCUT2D eigenvalue weighted by Crippen LogP contribution is 2.30. The van der Waals surface area contributed by atoms with Crippen molar-refractivity contribution in [1.29, 1.82) is 0 Å². The molecule has 140 valence electrons. The van der Waals surface area contributed by atoms with E-state index in [0.29, 0.717) is 29.5 Å². The van der Waals surface area contributed by atoms with E-state index in [1.54, 1.807) is 6.20 Å². The fourth-order valence-electron chi connectivity index (χ4n) is 2.94. The van der Waals surface area contributed by atoms with E-state index in [4.69, 9.17) is 13.9 Å².